The third-order valence-corrected chi connectivity index (χ3v) is 6.61. The van der Waals surface area contributed by atoms with E-state index in [-0.39, 0.29) is 59.7 Å². The van der Waals surface area contributed by atoms with Crippen molar-refractivity contribution in [3.8, 4) is 5.88 Å². The minimum absolute atomic E-state index is 0.000343. The molecule has 0 aromatic carbocycles. The van der Waals surface area contributed by atoms with Gasteiger partial charge in [-0.3, -0.25) is 9.59 Å². The van der Waals surface area contributed by atoms with Gasteiger partial charge < -0.3 is 14.4 Å². The zero-order valence-electron chi connectivity index (χ0n) is 19.6. The number of ether oxygens (including phenoxy) is 2. The van der Waals surface area contributed by atoms with Gasteiger partial charge in [-0.25, -0.2) is 13.6 Å². The number of carbonyl (C=O) groups excluding carboxylic acids is 3. The van der Waals surface area contributed by atoms with E-state index in [2.05, 4.69) is 20.7 Å². The van der Waals surface area contributed by atoms with Crippen molar-refractivity contribution >= 4 is 40.2 Å². The van der Waals surface area contributed by atoms with Gasteiger partial charge in [0.15, 0.2) is 5.65 Å². The zero-order valence-corrected chi connectivity index (χ0v) is 20.4. The summed E-state index contributed by atoms with van der Waals surface area (Å²) in [6.07, 6.45) is 4.66. The van der Waals surface area contributed by atoms with E-state index < -0.39 is 29.2 Å². The van der Waals surface area contributed by atoms with Crippen LogP contribution < -0.4 is 4.74 Å². The molecule has 1 aliphatic rings. The predicted octanol–water partition coefficient (Wildman–Crippen LogP) is 4.38. The fourth-order valence-electron chi connectivity index (χ4n) is 3.80. The summed E-state index contributed by atoms with van der Waals surface area (Å²) >= 11 is 0.770. The van der Waals surface area contributed by atoms with Gasteiger partial charge >= 0.3 is 5.97 Å². The summed E-state index contributed by atoms with van der Waals surface area (Å²) in [5, 5.41) is 0.227. The first kappa shape index (κ1) is 26.1. The molecular weight excluding hydrogens is 480 g/mol. The summed E-state index contributed by atoms with van der Waals surface area (Å²) in [6, 6.07) is 1.41. The lowest BCUT2D eigenvalue weighted by Gasteiger charge is -2.36. The molecule has 3 rings (SSSR count). The fraction of sp³-hybridized carbons (Fsp3) is 0.375. The quantitative estimate of drug-likeness (QED) is 0.227. The van der Waals surface area contributed by atoms with E-state index in [4.69, 9.17) is 4.74 Å². The fourth-order valence-corrected chi connectivity index (χ4v) is 4.53. The van der Waals surface area contributed by atoms with Crippen molar-refractivity contribution in [3.63, 3.8) is 0 Å². The molecule has 0 saturated carbocycles. The van der Waals surface area contributed by atoms with Crippen LogP contribution in [0.3, 0.4) is 0 Å². The molecule has 0 bridgehead atoms. The maximum atomic E-state index is 15.5. The van der Waals surface area contributed by atoms with Crippen LogP contribution in [0.15, 0.2) is 42.3 Å². The van der Waals surface area contributed by atoms with E-state index in [1.807, 2.05) is 0 Å². The Morgan fingerprint density at radius 3 is 2.51 bits per heavy atom. The summed E-state index contributed by atoms with van der Waals surface area (Å²) < 4.78 is 42.2. The molecule has 1 fully saturated rings. The number of fused-ring (bicyclic) bond motifs is 1. The molecule has 1 saturated heterocycles. The summed E-state index contributed by atoms with van der Waals surface area (Å²) in [7, 11) is 2.44. The number of aromatic nitrogens is 2. The number of Topliss-reactive ketones (excluding diaryl/α,β-unsaturated/α-hetero) is 1. The van der Waals surface area contributed by atoms with Crippen molar-refractivity contribution in [2.75, 3.05) is 27.3 Å². The van der Waals surface area contributed by atoms with Gasteiger partial charge in [0.05, 0.1) is 14.2 Å². The average molecular weight is 506 g/mol. The van der Waals surface area contributed by atoms with Crippen LogP contribution in [0.1, 0.15) is 46.2 Å². The van der Waals surface area contributed by atoms with Crippen molar-refractivity contribution < 1.29 is 32.6 Å². The first-order valence-electron chi connectivity index (χ1n) is 10.8. The van der Waals surface area contributed by atoms with Crippen LogP contribution in [0.2, 0.25) is 0 Å². The Kier molecular flexibility index (Phi) is 8.11. The molecule has 1 aliphatic heterocycles. The molecule has 2 aromatic rings. The molecule has 186 valence electrons. The smallest absolute Gasteiger partial charge is 0.380 e. The minimum atomic E-state index is -1.55. The van der Waals surface area contributed by atoms with Crippen LogP contribution in [-0.2, 0) is 9.53 Å². The molecular formula is C24H25F2N3O5S. The van der Waals surface area contributed by atoms with E-state index in [1.54, 1.807) is 13.0 Å². The molecule has 0 N–H and O–H groups in total. The highest BCUT2D eigenvalue weighted by molar-refractivity contribution is 7.10. The maximum Gasteiger partial charge on any atom is 0.380 e. The number of esters is 1. The highest BCUT2D eigenvalue weighted by Crippen LogP contribution is 2.35. The van der Waals surface area contributed by atoms with Crippen LogP contribution in [0.25, 0.3) is 11.0 Å². The molecule has 35 heavy (non-hydrogen) atoms. The first-order chi connectivity index (χ1) is 16.6. The van der Waals surface area contributed by atoms with Crippen LogP contribution in [0, 0.1) is 0 Å². The van der Waals surface area contributed by atoms with E-state index in [1.165, 1.54) is 30.2 Å². The summed E-state index contributed by atoms with van der Waals surface area (Å²) in [6.45, 7) is 5.19. The van der Waals surface area contributed by atoms with Gasteiger partial charge in [-0.2, -0.15) is 9.36 Å². The minimum Gasteiger partial charge on any atom is -0.480 e. The van der Waals surface area contributed by atoms with E-state index in [0.29, 0.717) is 5.57 Å². The topological polar surface area (TPSA) is 98.7 Å². The van der Waals surface area contributed by atoms with Crippen molar-refractivity contribution in [2.45, 2.75) is 31.9 Å². The highest BCUT2D eigenvalue weighted by atomic mass is 32.1. The Bertz CT molecular complexity index is 1230. The SMILES string of the molecule is C=C(F)/C=C\C(=C/C)CC1(F)CCN(C(=O)c2cc3c(C(=O)C(=O)OC)snc3nc2OC)CC1. The summed E-state index contributed by atoms with van der Waals surface area (Å²) in [4.78, 5) is 43.0. The number of ketones is 1. The Morgan fingerprint density at radius 2 is 1.94 bits per heavy atom. The van der Waals surface area contributed by atoms with E-state index in [9.17, 15) is 18.8 Å². The number of alkyl halides is 1. The molecule has 0 aliphatic carbocycles. The van der Waals surface area contributed by atoms with Crippen LogP contribution in [0.5, 0.6) is 5.88 Å². The number of nitrogens with zero attached hydrogens (tertiary/aromatic N) is 3. The molecule has 2 aromatic heterocycles. The number of rotatable bonds is 8. The van der Waals surface area contributed by atoms with Crippen LogP contribution in [0.4, 0.5) is 8.78 Å². The van der Waals surface area contributed by atoms with Crippen molar-refractivity contribution in [2.24, 2.45) is 0 Å². The van der Waals surface area contributed by atoms with Gasteiger partial charge in [0.1, 0.15) is 21.9 Å². The van der Waals surface area contributed by atoms with Gasteiger partial charge in [-0.1, -0.05) is 18.7 Å². The second-order valence-corrected chi connectivity index (χ2v) is 8.79. The molecule has 0 spiro atoms. The van der Waals surface area contributed by atoms with Crippen LogP contribution >= 0.6 is 11.5 Å². The largest absolute Gasteiger partial charge is 0.480 e. The number of hydrogen-bond acceptors (Lipinski definition) is 8. The lowest BCUT2D eigenvalue weighted by atomic mass is 9.86. The molecule has 11 heteroatoms. The Hall–Kier alpha value is -3.47. The summed E-state index contributed by atoms with van der Waals surface area (Å²) in [5.41, 5.74) is -0.691. The molecule has 0 unspecified atom stereocenters. The van der Waals surface area contributed by atoms with Gasteiger partial charge in [0.25, 0.3) is 11.7 Å². The predicted molar refractivity (Wildman–Crippen MR) is 127 cm³/mol. The second kappa shape index (κ2) is 10.9. The Morgan fingerprint density at radius 1 is 1.26 bits per heavy atom. The van der Waals surface area contributed by atoms with Crippen molar-refractivity contribution in [1.29, 1.82) is 0 Å². The summed E-state index contributed by atoms with van der Waals surface area (Å²) in [5.74, 6) is -3.00. The number of carbonyl (C=O) groups is 3. The zero-order chi connectivity index (χ0) is 25.8. The molecule has 0 radical (unpaired) electrons. The lowest BCUT2D eigenvalue weighted by molar-refractivity contribution is -0.135. The number of allylic oxidation sites excluding steroid dienone is 5. The number of piperidine rings is 1. The number of halogens is 2. The lowest BCUT2D eigenvalue weighted by Crippen LogP contribution is -2.44. The third-order valence-electron chi connectivity index (χ3n) is 5.75. The molecule has 8 nitrogen and oxygen atoms in total. The highest BCUT2D eigenvalue weighted by Gasteiger charge is 2.37. The van der Waals surface area contributed by atoms with Crippen molar-refractivity contribution in [3.05, 3.63) is 52.7 Å². The van der Waals surface area contributed by atoms with Gasteiger partial charge in [0.2, 0.25) is 5.88 Å². The van der Waals surface area contributed by atoms with E-state index >= 15 is 4.39 Å². The average Bonchev–Trinajstić information content (AvgIpc) is 3.27. The number of hydrogen-bond donors (Lipinski definition) is 0. The van der Waals surface area contributed by atoms with E-state index in [0.717, 1.165) is 18.6 Å². The number of methoxy groups -OCH3 is 2. The Balaban J connectivity index is 1.81. The normalized spacial score (nSPS) is 15.9. The van der Waals surface area contributed by atoms with Crippen LogP contribution in [-0.4, -0.2) is 64.9 Å². The molecule has 1 amide bonds. The first-order valence-corrected chi connectivity index (χ1v) is 11.5. The third kappa shape index (κ3) is 5.79. The monoisotopic (exact) mass is 505 g/mol. The standard InChI is InChI=1S/C24H25F2N3O5S/c1-5-15(7-6-14(2)25)13-24(26)8-10-29(11-9-24)22(31)17-12-16-19(18(30)23(32)34-4)35-28-20(16)27-21(17)33-3/h5-7,12H,2,8-11,13H2,1,3-4H3/b7-6-,15-5+. The second-order valence-electron chi connectivity index (χ2n) is 8.01. The molecule has 0 atom stereocenters. The van der Waals surface area contributed by atoms with Gasteiger partial charge in [-0.15, -0.1) is 0 Å². The van der Waals surface area contributed by atoms with Crippen molar-refractivity contribution in [1.82, 2.24) is 14.3 Å². The number of amides is 1. The van der Waals surface area contributed by atoms with Gasteiger partial charge in [-0.05, 0) is 49.0 Å². The molecule has 3 heterocycles. The number of likely N-dealkylation sites (tertiary alicyclic amines) is 1. The maximum absolute atomic E-state index is 15.5. The number of pyridine rings is 1. The van der Waals surface area contributed by atoms with Gasteiger partial charge in [0, 0.05) is 24.9 Å². The Labute approximate surface area is 205 Å².